The van der Waals surface area contributed by atoms with E-state index >= 15 is 0 Å². The van der Waals surface area contributed by atoms with Crippen LogP contribution in [0.5, 0.6) is 0 Å². The molecule has 0 unspecified atom stereocenters. The number of nitrogens with one attached hydrogen (secondary N) is 1. The summed E-state index contributed by atoms with van der Waals surface area (Å²) in [6.07, 6.45) is 8.60. The van der Waals surface area contributed by atoms with E-state index in [0.717, 1.165) is 23.6 Å². The molecule has 0 atom stereocenters. The number of para-hydroxylation sites is 1. The van der Waals surface area contributed by atoms with E-state index in [0.29, 0.717) is 17.9 Å². The summed E-state index contributed by atoms with van der Waals surface area (Å²) >= 11 is 0. The Morgan fingerprint density at radius 2 is 1.53 bits per heavy atom. The van der Waals surface area contributed by atoms with Crippen molar-refractivity contribution in [1.29, 1.82) is 0 Å². The Hall–Kier alpha value is -2.78. The molecule has 34 heavy (non-hydrogen) atoms. The molecule has 0 saturated heterocycles. The molecule has 1 N–H and O–H groups in total. The van der Waals surface area contributed by atoms with Gasteiger partial charge in [0.05, 0.1) is 23.3 Å². The lowest BCUT2D eigenvalue weighted by molar-refractivity contribution is 0.372. The van der Waals surface area contributed by atoms with Crippen LogP contribution in [0.1, 0.15) is 94.0 Å². The largest absolute Gasteiger partial charge is 0.310 e. The van der Waals surface area contributed by atoms with Crippen molar-refractivity contribution in [2.24, 2.45) is 4.99 Å². The van der Waals surface area contributed by atoms with Crippen molar-refractivity contribution in [3.8, 4) is 11.3 Å². The van der Waals surface area contributed by atoms with Crippen LogP contribution < -0.4 is 5.32 Å². The van der Waals surface area contributed by atoms with Gasteiger partial charge in [0, 0.05) is 18.2 Å². The van der Waals surface area contributed by atoms with Crippen molar-refractivity contribution < 1.29 is 0 Å². The highest BCUT2D eigenvalue weighted by molar-refractivity contribution is 5.82. The third kappa shape index (κ3) is 6.01. The number of pyridine rings is 1. The first kappa shape index (κ1) is 24.3. The fourth-order valence-electron chi connectivity index (χ4n) is 4.95. The number of hydrogen-bond acceptors (Lipinski definition) is 3. The summed E-state index contributed by atoms with van der Waals surface area (Å²) in [5, 5.41) is 3.79. The normalized spacial score (nSPS) is 15.0. The van der Waals surface area contributed by atoms with E-state index in [1.54, 1.807) is 0 Å². The molecule has 0 bridgehead atoms. The summed E-state index contributed by atoms with van der Waals surface area (Å²) in [4.78, 5) is 9.96. The quantitative estimate of drug-likeness (QED) is 0.349. The molecular formula is C31H39N3. The number of aliphatic imine (C=N–C) groups is 1. The summed E-state index contributed by atoms with van der Waals surface area (Å²) in [7, 11) is 0. The van der Waals surface area contributed by atoms with Crippen LogP contribution >= 0.6 is 0 Å². The zero-order valence-electron chi connectivity index (χ0n) is 21.2. The highest BCUT2D eigenvalue weighted by atomic mass is 14.9. The third-order valence-corrected chi connectivity index (χ3v) is 6.92. The Bertz CT molecular complexity index is 1080. The van der Waals surface area contributed by atoms with Gasteiger partial charge in [0.25, 0.3) is 0 Å². The fraction of sp³-hybridized carbons (Fsp3) is 0.419. The average Bonchev–Trinajstić information content (AvgIpc) is 2.87. The van der Waals surface area contributed by atoms with Crippen LogP contribution in [-0.4, -0.2) is 17.2 Å². The fourth-order valence-corrected chi connectivity index (χ4v) is 4.95. The highest BCUT2D eigenvalue weighted by Gasteiger charge is 2.15. The maximum absolute atomic E-state index is 4.99. The van der Waals surface area contributed by atoms with Crippen LogP contribution in [0.2, 0.25) is 0 Å². The zero-order chi connectivity index (χ0) is 23.9. The van der Waals surface area contributed by atoms with Crippen molar-refractivity contribution in [3.63, 3.8) is 0 Å². The molecule has 0 spiro atoms. The molecule has 3 heteroatoms. The van der Waals surface area contributed by atoms with Gasteiger partial charge >= 0.3 is 0 Å². The zero-order valence-corrected chi connectivity index (χ0v) is 21.2. The number of aromatic nitrogens is 1. The van der Waals surface area contributed by atoms with Gasteiger partial charge in [-0.15, -0.1) is 0 Å². The topological polar surface area (TPSA) is 37.3 Å². The molecule has 0 amide bonds. The smallest absolute Gasteiger partial charge is 0.0820 e. The van der Waals surface area contributed by atoms with Crippen LogP contribution in [0.25, 0.3) is 11.3 Å². The van der Waals surface area contributed by atoms with E-state index in [4.69, 9.17) is 9.98 Å². The number of rotatable bonds is 8. The molecular weight excluding hydrogens is 414 g/mol. The Morgan fingerprint density at radius 1 is 0.853 bits per heavy atom. The molecule has 3 aromatic rings. The molecule has 1 saturated carbocycles. The van der Waals surface area contributed by atoms with E-state index in [9.17, 15) is 0 Å². The predicted molar refractivity (Wildman–Crippen MR) is 145 cm³/mol. The van der Waals surface area contributed by atoms with E-state index < -0.39 is 0 Å². The van der Waals surface area contributed by atoms with Crippen LogP contribution in [-0.2, 0) is 6.54 Å². The Morgan fingerprint density at radius 3 is 2.24 bits per heavy atom. The first-order valence-electron chi connectivity index (χ1n) is 13.0. The Labute approximate surface area is 205 Å². The van der Waals surface area contributed by atoms with Gasteiger partial charge < -0.3 is 5.32 Å². The predicted octanol–water partition coefficient (Wildman–Crippen LogP) is 8.17. The molecule has 0 aliphatic heterocycles. The average molecular weight is 454 g/mol. The number of hydrogen-bond donors (Lipinski definition) is 1. The second-order valence-electron chi connectivity index (χ2n) is 10.2. The van der Waals surface area contributed by atoms with Crippen LogP contribution in [0.15, 0.2) is 65.7 Å². The van der Waals surface area contributed by atoms with Crippen molar-refractivity contribution in [2.75, 3.05) is 0 Å². The SMILES string of the molecule is CC(C)c1cccc(C(C)C)c1/N=C\c1cccc(-c2ccccc2CNC2CCCCC2)n1. The van der Waals surface area contributed by atoms with Gasteiger partial charge in [0.1, 0.15) is 0 Å². The molecule has 1 aliphatic carbocycles. The Kier molecular flexibility index (Phi) is 8.29. The molecule has 1 heterocycles. The minimum atomic E-state index is 0.425. The third-order valence-electron chi connectivity index (χ3n) is 6.92. The van der Waals surface area contributed by atoms with E-state index in [1.165, 1.54) is 54.4 Å². The lowest BCUT2D eigenvalue weighted by Crippen LogP contribution is -2.30. The monoisotopic (exact) mass is 453 g/mol. The summed E-state index contributed by atoms with van der Waals surface area (Å²) in [6.45, 7) is 9.82. The first-order chi connectivity index (χ1) is 16.5. The van der Waals surface area contributed by atoms with E-state index in [1.807, 2.05) is 12.3 Å². The second kappa shape index (κ2) is 11.6. The van der Waals surface area contributed by atoms with Gasteiger partial charge in [-0.2, -0.15) is 0 Å². The first-order valence-corrected chi connectivity index (χ1v) is 13.0. The number of benzene rings is 2. The maximum Gasteiger partial charge on any atom is 0.0820 e. The van der Waals surface area contributed by atoms with Crippen LogP contribution in [0.3, 0.4) is 0 Å². The molecule has 4 rings (SSSR count). The van der Waals surface area contributed by atoms with Crippen LogP contribution in [0, 0.1) is 0 Å². The molecule has 1 fully saturated rings. The maximum atomic E-state index is 4.99. The van der Waals surface area contributed by atoms with Gasteiger partial charge in [-0.1, -0.05) is 95.5 Å². The van der Waals surface area contributed by atoms with Crippen LogP contribution in [0.4, 0.5) is 5.69 Å². The minimum absolute atomic E-state index is 0.425. The molecule has 3 nitrogen and oxygen atoms in total. The molecule has 1 aliphatic rings. The second-order valence-corrected chi connectivity index (χ2v) is 10.2. The molecule has 2 aromatic carbocycles. The summed E-state index contributed by atoms with van der Waals surface area (Å²) in [6, 6.07) is 22.1. The van der Waals surface area contributed by atoms with Crippen molar-refractivity contribution >= 4 is 11.9 Å². The summed E-state index contributed by atoms with van der Waals surface area (Å²) in [5.41, 5.74) is 8.08. The van der Waals surface area contributed by atoms with Gasteiger partial charge in [-0.05, 0) is 53.5 Å². The van der Waals surface area contributed by atoms with Gasteiger partial charge in [0.2, 0.25) is 0 Å². The van der Waals surface area contributed by atoms with Gasteiger partial charge in [0.15, 0.2) is 0 Å². The number of nitrogens with zero attached hydrogens (tertiary/aromatic N) is 2. The van der Waals surface area contributed by atoms with Crippen molar-refractivity contribution in [3.05, 3.63) is 83.0 Å². The van der Waals surface area contributed by atoms with E-state index in [-0.39, 0.29) is 0 Å². The summed E-state index contributed by atoms with van der Waals surface area (Å²) < 4.78 is 0. The highest BCUT2D eigenvalue weighted by Crippen LogP contribution is 2.34. The lowest BCUT2D eigenvalue weighted by atomic mass is 9.93. The van der Waals surface area contributed by atoms with Crippen molar-refractivity contribution in [1.82, 2.24) is 10.3 Å². The molecule has 0 radical (unpaired) electrons. The Balaban J connectivity index is 1.59. The van der Waals surface area contributed by atoms with Gasteiger partial charge in [-0.3, -0.25) is 4.99 Å². The van der Waals surface area contributed by atoms with Gasteiger partial charge in [-0.25, -0.2) is 4.98 Å². The van der Waals surface area contributed by atoms with E-state index in [2.05, 4.69) is 87.6 Å². The molecule has 1 aromatic heterocycles. The standard InChI is InChI=1S/C31H39N3/c1-22(2)27-17-11-18-28(23(3)4)31(27)33-21-26-15-10-19-30(34-26)29-16-9-8-12-24(29)20-32-25-13-6-5-7-14-25/h8-12,15-19,21-23,25,32H,5-7,13-14,20H2,1-4H3/b33-21-. The van der Waals surface area contributed by atoms with Crippen molar-refractivity contribution in [2.45, 2.75) is 84.2 Å². The molecule has 178 valence electrons. The summed E-state index contributed by atoms with van der Waals surface area (Å²) in [5.74, 6) is 0.849. The minimum Gasteiger partial charge on any atom is -0.310 e. The lowest BCUT2D eigenvalue weighted by Gasteiger charge is -2.23.